The van der Waals surface area contributed by atoms with Crippen LogP contribution in [0.3, 0.4) is 0 Å². The molecule has 1 aromatic carbocycles. The molecule has 0 saturated carbocycles. The molecule has 0 fully saturated rings. The van der Waals surface area contributed by atoms with Crippen LogP contribution in [-0.4, -0.2) is 17.3 Å². The fourth-order valence-electron chi connectivity index (χ4n) is 1.16. The summed E-state index contributed by atoms with van der Waals surface area (Å²) >= 11 is 1.67. The second-order valence-corrected chi connectivity index (χ2v) is 4.15. The van der Waals surface area contributed by atoms with Gasteiger partial charge < -0.3 is 0 Å². The molecule has 0 radical (unpaired) electrons. The first-order valence-corrected chi connectivity index (χ1v) is 5.57. The van der Waals surface area contributed by atoms with Crippen molar-refractivity contribution in [3.63, 3.8) is 0 Å². The van der Waals surface area contributed by atoms with Crippen molar-refractivity contribution in [3.05, 3.63) is 35.4 Å². The molecular weight excluding hydrogens is 180 g/mol. The molecular formula is C11H14OS. The van der Waals surface area contributed by atoms with E-state index >= 15 is 0 Å². The molecule has 0 saturated heterocycles. The van der Waals surface area contributed by atoms with Gasteiger partial charge in [0, 0.05) is 5.56 Å². The van der Waals surface area contributed by atoms with Gasteiger partial charge in [0.05, 0.1) is 5.75 Å². The summed E-state index contributed by atoms with van der Waals surface area (Å²) in [5.74, 6) is 1.84. The van der Waals surface area contributed by atoms with Gasteiger partial charge in [-0.1, -0.05) is 31.2 Å². The van der Waals surface area contributed by atoms with Gasteiger partial charge in [-0.3, -0.25) is 4.79 Å². The Bertz CT molecular complexity index is 294. The molecule has 0 aliphatic rings. The van der Waals surface area contributed by atoms with Crippen LogP contribution in [0.15, 0.2) is 24.3 Å². The van der Waals surface area contributed by atoms with Gasteiger partial charge in [0.1, 0.15) is 0 Å². The molecule has 0 unspecified atom stereocenters. The normalized spacial score (nSPS) is 10.0. The van der Waals surface area contributed by atoms with Gasteiger partial charge in [-0.05, 0) is 18.2 Å². The molecule has 0 aliphatic heterocycles. The Labute approximate surface area is 83.5 Å². The average molecular weight is 194 g/mol. The van der Waals surface area contributed by atoms with Crippen LogP contribution in [0.2, 0.25) is 0 Å². The smallest absolute Gasteiger partial charge is 0.172 e. The third kappa shape index (κ3) is 2.88. The standard InChI is InChI=1S/C11H14OS/c1-3-13-8-11(12)10-7-5-4-6-9(10)2/h4-7H,3,8H2,1-2H3. The molecule has 0 aromatic heterocycles. The zero-order valence-electron chi connectivity index (χ0n) is 8.04. The Balaban J connectivity index is 2.71. The van der Waals surface area contributed by atoms with Gasteiger partial charge in [-0.25, -0.2) is 0 Å². The number of benzene rings is 1. The first kappa shape index (κ1) is 10.3. The summed E-state index contributed by atoms with van der Waals surface area (Å²) in [6.07, 6.45) is 0. The van der Waals surface area contributed by atoms with E-state index in [-0.39, 0.29) is 5.78 Å². The predicted octanol–water partition coefficient (Wildman–Crippen LogP) is 2.93. The highest BCUT2D eigenvalue weighted by Crippen LogP contribution is 2.11. The molecule has 13 heavy (non-hydrogen) atoms. The van der Waals surface area contributed by atoms with Gasteiger partial charge in [-0.2, -0.15) is 11.8 Å². The SMILES string of the molecule is CCSCC(=O)c1ccccc1C. The monoisotopic (exact) mass is 194 g/mol. The molecule has 0 amide bonds. The van der Waals surface area contributed by atoms with Crippen LogP contribution < -0.4 is 0 Å². The Morgan fingerprint density at radius 3 is 2.69 bits per heavy atom. The summed E-state index contributed by atoms with van der Waals surface area (Å²) in [4.78, 5) is 11.6. The molecule has 1 nitrogen and oxygen atoms in total. The van der Waals surface area contributed by atoms with Gasteiger partial charge in [-0.15, -0.1) is 0 Å². The molecule has 0 heterocycles. The number of rotatable bonds is 4. The molecule has 0 spiro atoms. The molecule has 0 N–H and O–H groups in total. The fraction of sp³-hybridized carbons (Fsp3) is 0.364. The van der Waals surface area contributed by atoms with Crippen LogP contribution in [-0.2, 0) is 0 Å². The van der Waals surface area contributed by atoms with Crippen molar-refractivity contribution >= 4 is 17.5 Å². The van der Waals surface area contributed by atoms with E-state index in [0.29, 0.717) is 5.75 Å². The Hall–Kier alpha value is -0.760. The number of ketones is 1. The van der Waals surface area contributed by atoms with Crippen LogP contribution >= 0.6 is 11.8 Å². The molecule has 0 bridgehead atoms. The summed E-state index contributed by atoms with van der Waals surface area (Å²) in [7, 11) is 0. The zero-order chi connectivity index (χ0) is 9.68. The number of aryl methyl sites for hydroxylation is 1. The Morgan fingerprint density at radius 1 is 1.38 bits per heavy atom. The minimum Gasteiger partial charge on any atom is -0.293 e. The summed E-state index contributed by atoms with van der Waals surface area (Å²) < 4.78 is 0. The summed E-state index contributed by atoms with van der Waals surface area (Å²) in [6.45, 7) is 4.04. The van der Waals surface area contributed by atoms with E-state index < -0.39 is 0 Å². The number of Topliss-reactive ketones (excluding diaryl/α,β-unsaturated/α-hetero) is 1. The van der Waals surface area contributed by atoms with Crippen LogP contribution in [0.25, 0.3) is 0 Å². The highest BCUT2D eigenvalue weighted by Gasteiger charge is 2.06. The van der Waals surface area contributed by atoms with Gasteiger partial charge in [0.2, 0.25) is 0 Å². The highest BCUT2D eigenvalue weighted by molar-refractivity contribution is 7.99. The number of carbonyl (C=O) groups excluding carboxylic acids is 1. The quantitative estimate of drug-likeness (QED) is 0.685. The summed E-state index contributed by atoms with van der Waals surface area (Å²) in [5, 5.41) is 0. The van der Waals surface area contributed by atoms with Crippen LogP contribution in [0, 0.1) is 6.92 Å². The first-order valence-electron chi connectivity index (χ1n) is 4.42. The number of hydrogen-bond donors (Lipinski definition) is 0. The van der Waals surface area contributed by atoms with Gasteiger partial charge >= 0.3 is 0 Å². The number of hydrogen-bond acceptors (Lipinski definition) is 2. The zero-order valence-corrected chi connectivity index (χ0v) is 8.86. The van der Waals surface area contributed by atoms with E-state index in [0.717, 1.165) is 16.9 Å². The van der Waals surface area contributed by atoms with Crippen molar-refractivity contribution < 1.29 is 4.79 Å². The van der Waals surface area contributed by atoms with E-state index in [1.165, 1.54) is 0 Å². The third-order valence-electron chi connectivity index (χ3n) is 1.88. The largest absolute Gasteiger partial charge is 0.293 e. The van der Waals surface area contributed by atoms with Crippen LogP contribution in [0.4, 0.5) is 0 Å². The average Bonchev–Trinajstić information content (AvgIpc) is 2.15. The third-order valence-corrected chi connectivity index (χ3v) is 2.76. The molecule has 2 heteroatoms. The second kappa shape index (κ2) is 5.07. The second-order valence-electron chi connectivity index (χ2n) is 2.88. The lowest BCUT2D eigenvalue weighted by molar-refractivity contribution is 0.102. The summed E-state index contributed by atoms with van der Waals surface area (Å²) in [6, 6.07) is 7.74. The van der Waals surface area contributed by atoms with Gasteiger partial charge in [0.15, 0.2) is 5.78 Å². The Morgan fingerprint density at radius 2 is 2.08 bits per heavy atom. The van der Waals surface area contributed by atoms with Crippen LogP contribution in [0.1, 0.15) is 22.8 Å². The molecule has 70 valence electrons. The van der Waals surface area contributed by atoms with Crippen molar-refractivity contribution in [2.24, 2.45) is 0 Å². The topological polar surface area (TPSA) is 17.1 Å². The van der Waals surface area contributed by atoms with Crippen molar-refractivity contribution in [1.82, 2.24) is 0 Å². The van der Waals surface area contributed by atoms with E-state index in [9.17, 15) is 4.79 Å². The minimum atomic E-state index is 0.241. The van der Waals surface area contributed by atoms with E-state index in [2.05, 4.69) is 6.92 Å². The summed E-state index contributed by atoms with van der Waals surface area (Å²) in [5.41, 5.74) is 1.94. The van der Waals surface area contributed by atoms with E-state index in [1.54, 1.807) is 11.8 Å². The van der Waals surface area contributed by atoms with Crippen molar-refractivity contribution in [1.29, 1.82) is 0 Å². The van der Waals surface area contributed by atoms with E-state index in [1.807, 2.05) is 31.2 Å². The predicted molar refractivity (Wildman–Crippen MR) is 58.5 cm³/mol. The van der Waals surface area contributed by atoms with Crippen LogP contribution in [0.5, 0.6) is 0 Å². The molecule has 1 rings (SSSR count). The highest BCUT2D eigenvalue weighted by atomic mass is 32.2. The molecule has 1 aromatic rings. The van der Waals surface area contributed by atoms with Crippen molar-refractivity contribution in [3.8, 4) is 0 Å². The maximum atomic E-state index is 11.6. The lowest BCUT2D eigenvalue weighted by Gasteiger charge is -2.02. The molecule has 0 atom stereocenters. The lowest BCUT2D eigenvalue weighted by atomic mass is 10.1. The maximum absolute atomic E-state index is 11.6. The van der Waals surface area contributed by atoms with E-state index in [4.69, 9.17) is 0 Å². The first-order chi connectivity index (χ1) is 6.25. The maximum Gasteiger partial charge on any atom is 0.172 e. The van der Waals surface area contributed by atoms with Crippen molar-refractivity contribution in [2.45, 2.75) is 13.8 Å². The number of thioether (sulfide) groups is 1. The molecule has 0 aliphatic carbocycles. The van der Waals surface area contributed by atoms with Crippen molar-refractivity contribution in [2.75, 3.05) is 11.5 Å². The van der Waals surface area contributed by atoms with Gasteiger partial charge in [0.25, 0.3) is 0 Å². The fourth-order valence-corrected chi connectivity index (χ4v) is 1.70. The minimum absolute atomic E-state index is 0.241. The lowest BCUT2D eigenvalue weighted by Crippen LogP contribution is -2.04. The number of carbonyl (C=O) groups is 1. The Kier molecular flexibility index (Phi) is 4.03.